The first-order valence-electron chi connectivity index (χ1n) is 8.24. The molecule has 4 rings (SSSR count). The molecule has 0 bridgehead atoms. The lowest BCUT2D eigenvalue weighted by Gasteiger charge is -2.23. The summed E-state index contributed by atoms with van der Waals surface area (Å²) in [6.45, 7) is 0. The van der Waals surface area contributed by atoms with Crippen LogP contribution in [-0.2, 0) is 14.2 Å². The number of hydrogen-bond acceptors (Lipinski definition) is 3. The van der Waals surface area contributed by atoms with Crippen molar-refractivity contribution in [1.82, 2.24) is 0 Å². The van der Waals surface area contributed by atoms with Crippen LogP contribution in [0.5, 0.6) is 0 Å². The maximum absolute atomic E-state index is 6.28. The average molecular weight is 320 g/mol. The molecule has 2 aliphatic heterocycles. The predicted molar refractivity (Wildman–Crippen MR) is 93.0 cm³/mol. The topological polar surface area (TPSA) is 27.7 Å². The Morgan fingerprint density at radius 2 is 1.62 bits per heavy atom. The maximum Gasteiger partial charge on any atom is 0.233 e. The molecule has 0 saturated carbocycles. The monoisotopic (exact) mass is 320 g/mol. The minimum absolute atomic E-state index is 0.203. The highest BCUT2D eigenvalue weighted by Crippen LogP contribution is 2.42. The molecule has 0 radical (unpaired) electrons. The number of ether oxygens (including phenoxy) is 3. The van der Waals surface area contributed by atoms with E-state index in [-0.39, 0.29) is 6.29 Å². The van der Waals surface area contributed by atoms with Gasteiger partial charge in [0.2, 0.25) is 5.79 Å². The van der Waals surface area contributed by atoms with E-state index in [1.807, 2.05) is 48.6 Å². The molecule has 3 heteroatoms. The zero-order valence-electron chi connectivity index (χ0n) is 13.6. The lowest BCUT2D eigenvalue weighted by molar-refractivity contribution is -0.218. The van der Waals surface area contributed by atoms with Crippen LogP contribution >= 0.6 is 0 Å². The summed E-state index contributed by atoms with van der Waals surface area (Å²) in [6.07, 6.45) is 5.45. The van der Waals surface area contributed by atoms with Crippen LogP contribution in [0.4, 0.5) is 0 Å². The van der Waals surface area contributed by atoms with Gasteiger partial charge < -0.3 is 14.2 Å². The minimum Gasteiger partial charge on any atom is -0.458 e. The van der Waals surface area contributed by atoms with Crippen LogP contribution in [-0.4, -0.2) is 19.2 Å². The third kappa shape index (κ3) is 2.77. The minimum atomic E-state index is -0.690. The van der Waals surface area contributed by atoms with Gasteiger partial charge >= 0.3 is 0 Å². The van der Waals surface area contributed by atoms with E-state index in [1.54, 1.807) is 7.11 Å². The standard InChI is InChI=1S/C21H20O3/c1-22-19-13-15-21(24-19)14-12-18(23-21)20(16-8-4-2-5-9-16)17-10-6-3-7-11-17/h2-12,14,19H,13,15H2,1H3/t19-,21-/m0/s1. The SMILES string of the molecule is CO[C@@H]1CC[C@]2(C=CC(=C(c3ccccc3)c3ccccc3)O2)O1. The zero-order chi connectivity index (χ0) is 16.4. The molecule has 2 heterocycles. The van der Waals surface area contributed by atoms with Crippen LogP contribution in [0.3, 0.4) is 0 Å². The van der Waals surface area contributed by atoms with Crippen LogP contribution in [0.25, 0.3) is 5.57 Å². The average Bonchev–Trinajstić information content (AvgIpc) is 3.24. The van der Waals surface area contributed by atoms with Crippen LogP contribution in [0.2, 0.25) is 0 Å². The Bertz CT molecular complexity index is 723. The molecule has 0 amide bonds. The first-order chi connectivity index (χ1) is 11.8. The summed E-state index contributed by atoms with van der Waals surface area (Å²) in [4.78, 5) is 0. The molecular weight excluding hydrogens is 300 g/mol. The fourth-order valence-corrected chi connectivity index (χ4v) is 3.28. The van der Waals surface area contributed by atoms with Gasteiger partial charge in [-0.05, 0) is 23.3 Å². The van der Waals surface area contributed by atoms with Gasteiger partial charge in [-0.25, -0.2) is 0 Å². The fraction of sp³-hybridized carbons (Fsp3) is 0.238. The van der Waals surface area contributed by atoms with Crippen molar-refractivity contribution in [2.75, 3.05) is 7.11 Å². The molecule has 0 unspecified atom stereocenters. The summed E-state index contributed by atoms with van der Waals surface area (Å²) in [5.74, 6) is 0.148. The van der Waals surface area contributed by atoms with E-state index < -0.39 is 5.79 Å². The molecule has 1 fully saturated rings. The molecule has 1 saturated heterocycles. The molecule has 2 atom stereocenters. The van der Waals surface area contributed by atoms with Gasteiger partial charge in [0.15, 0.2) is 6.29 Å². The third-order valence-electron chi connectivity index (χ3n) is 4.47. The first-order valence-corrected chi connectivity index (χ1v) is 8.24. The maximum atomic E-state index is 6.28. The van der Waals surface area contributed by atoms with Crippen molar-refractivity contribution < 1.29 is 14.2 Å². The van der Waals surface area contributed by atoms with Crippen molar-refractivity contribution in [2.45, 2.75) is 24.9 Å². The number of methoxy groups -OCH3 is 1. The van der Waals surface area contributed by atoms with Crippen molar-refractivity contribution in [3.63, 3.8) is 0 Å². The normalized spacial score (nSPS) is 25.2. The molecule has 2 aromatic rings. The van der Waals surface area contributed by atoms with Crippen molar-refractivity contribution in [2.24, 2.45) is 0 Å². The molecule has 2 aliphatic rings. The predicted octanol–water partition coefficient (Wildman–Crippen LogP) is 4.51. The second-order valence-electron chi connectivity index (χ2n) is 6.04. The van der Waals surface area contributed by atoms with Gasteiger partial charge in [-0.3, -0.25) is 0 Å². The highest BCUT2D eigenvalue weighted by Gasteiger charge is 2.44. The summed E-state index contributed by atoms with van der Waals surface area (Å²) in [7, 11) is 1.67. The Kier molecular flexibility index (Phi) is 3.97. The quantitative estimate of drug-likeness (QED) is 0.832. The van der Waals surface area contributed by atoms with E-state index in [0.29, 0.717) is 0 Å². The number of benzene rings is 2. The summed E-state index contributed by atoms with van der Waals surface area (Å²) in [5.41, 5.74) is 3.33. The van der Waals surface area contributed by atoms with Gasteiger partial charge in [0.05, 0.1) is 0 Å². The highest BCUT2D eigenvalue weighted by atomic mass is 16.8. The fourth-order valence-electron chi connectivity index (χ4n) is 3.28. The molecular formula is C21H20O3. The molecule has 3 nitrogen and oxygen atoms in total. The number of allylic oxidation sites excluding steroid dienone is 1. The molecule has 24 heavy (non-hydrogen) atoms. The Balaban J connectivity index is 1.75. The van der Waals surface area contributed by atoms with E-state index in [4.69, 9.17) is 14.2 Å². The van der Waals surface area contributed by atoms with Crippen molar-refractivity contribution in [1.29, 1.82) is 0 Å². The lowest BCUT2D eigenvalue weighted by Crippen LogP contribution is -2.27. The molecule has 0 N–H and O–H groups in total. The van der Waals surface area contributed by atoms with E-state index >= 15 is 0 Å². The smallest absolute Gasteiger partial charge is 0.233 e. The van der Waals surface area contributed by atoms with Crippen LogP contribution in [0, 0.1) is 0 Å². The molecule has 0 aromatic heterocycles. The highest BCUT2D eigenvalue weighted by molar-refractivity contribution is 5.83. The number of hydrogen-bond donors (Lipinski definition) is 0. The van der Waals surface area contributed by atoms with E-state index in [2.05, 4.69) is 24.3 Å². The largest absolute Gasteiger partial charge is 0.458 e. The second-order valence-corrected chi connectivity index (χ2v) is 6.04. The van der Waals surface area contributed by atoms with Crippen molar-refractivity contribution in [3.8, 4) is 0 Å². The molecule has 0 aliphatic carbocycles. The van der Waals surface area contributed by atoms with E-state index in [0.717, 1.165) is 35.3 Å². The Morgan fingerprint density at radius 3 is 2.17 bits per heavy atom. The van der Waals surface area contributed by atoms with Gasteiger partial charge in [0.25, 0.3) is 0 Å². The second kappa shape index (κ2) is 6.27. The van der Waals surface area contributed by atoms with E-state index in [9.17, 15) is 0 Å². The van der Waals surface area contributed by atoms with Gasteiger partial charge in [0.1, 0.15) is 5.76 Å². The Hall–Kier alpha value is -2.36. The number of rotatable bonds is 3. The van der Waals surface area contributed by atoms with Crippen LogP contribution < -0.4 is 0 Å². The summed E-state index contributed by atoms with van der Waals surface area (Å²) in [6, 6.07) is 20.6. The first kappa shape index (κ1) is 15.2. The molecule has 1 spiro atoms. The van der Waals surface area contributed by atoms with Crippen molar-refractivity contribution >= 4 is 5.57 Å². The van der Waals surface area contributed by atoms with Crippen LogP contribution in [0.1, 0.15) is 24.0 Å². The summed E-state index contributed by atoms with van der Waals surface area (Å²) >= 11 is 0. The van der Waals surface area contributed by atoms with E-state index in [1.165, 1.54) is 0 Å². The van der Waals surface area contributed by atoms with Crippen LogP contribution in [0.15, 0.2) is 78.6 Å². The lowest BCUT2D eigenvalue weighted by atomic mass is 9.97. The summed E-state index contributed by atoms with van der Waals surface area (Å²) < 4.78 is 17.5. The molecule has 122 valence electrons. The van der Waals surface area contributed by atoms with Gasteiger partial charge in [-0.2, -0.15) is 0 Å². The summed E-state index contributed by atoms with van der Waals surface area (Å²) in [5, 5.41) is 0. The third-order valence-corrected chi connectivity index (χ3v) is 4.47. The van der Waals surface area contributed by atoms with Gasteiger partial charge in [-0.1, -0.05) is 60.7 Å². The molecule has 2 aromatic carbocycles. The van der Waals surface area contributed by atoms with Gasteiger partial charge in [-0.15, -0.1) is 0 Å². The van der Waals surface area contributed by atoms with Crippen molar-refractivity contribution in [3.05, 3.63) is 89.7 Å². The zero-order valence-corrected chi connectivity index (χ0v) is 13.6. The van der Waals surface area contributed by atoms with Gasteiger partial charge in [0, 0.05) is 25.5 Å². The Labute approximate surface area is 142 Å². The Morgan fingerprint density at radius 1 is 1.00 bits per heavy atom.